The summed E-state index contributed by atoms with van der Waals surface area (Å²) in [6, 6.07) is 1.96. The molecule has 0 aliphatic heterocycles. The van der Waals surface area contributed by atoms with Gasteiger partial charge < -0.3 is 10.1 Å². The normalized spacial score (nSPS) is 17.4. The number of carbonyl (C=O) groups is 2. The van der Waals surface area contributed by atoms with Gasteiger partial charge in [0.1, 0.15) is 0 Å². The van der Waals surface area contributed by atoms with Crippen molar-refractivity contribution >= 4 is 23.3 Å². The average molecular weight is 386 g/mol. The molecule has 2 atom stereocenters. The molecular weight excluding hydrogens is 369 g/mol. The Balaban J connectivity index is 2.06. The summed E-state index contributed by atoms with van der Waals surface area (Å²) in [6.45, 7) is 1.23. The van der Waals surface area contributed by atoms with Crippen LogP contribution in [0.15, 0.2) is 30.4 Å². The summed E-state index contributed by atoms with van der Waals surface area (Å²) in [5.41, 5.74) is -2.77. The zero-order valence-corrected chi connectivity index (χ0v) is 14.3. The number of nitro benzene ring substituents is 1. The second-order valence-electron chi connectivity index (χ2n) is 6.08. The number of non-ortho nitro benzene ring substituents is 1. The molecule has 0 unspecified atom stereocenters. The summed E-state index contributed by atoms with van der Waals surface area (Å²) in [6.07, 6.45) is -0.691. The number of benzene rings is 1. The number of anilines is 1. The molecule has 27 heavy (non-hydrogen) atoms. The van der Waals surface area contributed by atoms with E-state index in [1.807, 2.05) is 17.5 Å². The minimum Gasteiger partial charge on any atom is -0.453 e. The third-order valence-electron chi connectivity index (χ3n) is 4.00. The number of carbonyl (C=O) groups excluding carboxylic acids is 2. The molecule has 1 aromatic carbocycles. The van der Waals surface area contributed by atoms with Crippen molar-refractivity contribution in [3.8, 4) is 0 Å². The first kappa shape index (κ1) is 20.4. The quantitative estimate of drug-likeness (QED) is 0.347. The van der Waals surface area contributed by atoms with Gasteiger partial charge in [-0.15, -0.1) is 0 Å². The fourth-order valence-electron chi connectivity index (χ4n) is 2.60. The van der Waals surface area contributed by atoms with Crippen LogP contribution in [0.5, 0.6) is 0 Å². The predicted molar refractivity (Wildman–Crippen MR) is 88.8 cm³/mol. The standard InChI is InChI=1S/C17H17F3N2O5/c1-10(27-15(23)8-11-4-2-3-5-11)16(24)21-14-7-6-12(22(25)26)9-13(14)17(18,19)20/h2,4,6-7,9-11H,3,5,8H2,1H3,(H,21,24)/t10-,11+/m0/s1. The molecule has 0 radical (unpaired) electrons. The van der Waals surface area contributed by atoms with Gasteiger partial charge >= 0.3 is 12.1 Å². The summed E-state index contributed by atoms with van der Waals surface area (Å²) >= 11 is 0. The number of alkyl halides is 3. The van der Waals surface area contributed by atoms with E-state index >= 15 is 0 Å². The number of allylic oxidation sites excluding steroid dienone is 2. The van der Waals surface area contributed by atoms with Gasteiger partial charge in [-0.05, 0) is 31.7 Å². The number of ether oxygens (including phenoxy) is 1. The Hall–Kier alpha value is -2.91. The predicted octanol–water partition coefficient (Wildman–Crippen LogP) is 3.84. The SMILES string of the molecule is C[C@H](OC(=O)C[C@@H]1C=CCC1)C(=O)Nc1ccc([N+](=O)[O-])cc1C(F)(F)F. The Labute approximate surface area is 152 Å². The van der Waals surface area contributed by atoms with Crippen LogP contribution in [0.2, 0.25) is 0 Å². The molecule has 0 fully saturated rings. The Bertz CT molecular complexity index is 776. The molecule has 0 bridgehead atoms. The van der Waals surface area contributed by atoms with E-state index in [4.69, 9.17) is 4.74 Å². The fourth-order valence-corrected chi connectivity index (χ4v) is 2.60. The lowest BCUT2D eigenvalue weighted by Crippen LogP contribution is -2.31. The Morgan fingerprint density at radius 2 is 2.11 bits per heavy atom. The maximum absolute atomic E-state index is 13.1. The smallest absolute Gasteiger partial charge is 0.418 e. The lowest BCUT2D eigenvalue weighted by atomic mass is 10.1. The minimum atomic E-state index is -4.91. The molecule has 1 aromatic rings. The maximum Gasteiger partial charge on any atom is 0.418 e. The van der Waals surface area contributed by atoms with Gasteiger partial charge in [-0.2, -0.15) is 13.2 Å². The Morgan fingerprint density at radius 3 is 2.67 bits per heavy atom. The van der Waals surface area contributed by atoms with E-state index in [0.29, 0.717) is 6.07 Å². The number of nitrogens with zero attached hydrogens (tertiary/aromatic N) is 1. The monoisotopic (exact) mass is 386 g/mol. The van der Waals surface area contributed by atoms with Crippen LogP contribution < -0.4 is 5.32 Å². The van der Waals surface area contributed by atoms with Gasteiger partial charge in [0.15, 0.2) is 6.10 Å². The number of esters is 1. The molecule has 146 valence electrons. The summed E-state index contributed by atoms with van der Waals surface area (Å²) in [5, 5.41) is 12.7. The average Bonchev–Trinajstić information content (AvgIpc) is 3.06. The summed E-state index contributed by atoms with van der Waals surface area (Å²) in [5.74, 6) is -1.57. The number of nitrogens with one attached hydrogen (secondary N) is 1. The zero-order valence-electron chi connectivity index (χ0n) is 14.3. The van der Waals surface area contributed by atoms with Crippen LogP contribution in [-0.2, 0) is 20.5 Å². The van der Waals surface area contributed by atoms with Crippen molar-refractivity contribution in [1.29, 1.82) is 0 Å². The van der Waals surface area contributed by atoms with E-state index in [1.54, 1.807) is 0 Å². The first-order valence-corrected chi connectivity index (χ1v) is 8.10. The lowest BCUT2D eigenvalue weighted by Gasteiger charge is -2.17. The third kappa shape index (κ3) is 5.53. The van der Waals surface area contributed by atoms with E-state index in [1.165, 1.54) is 6.92 Å². The summed E-state index contributed by atoms with van der Waals surface area (Å²) in [7, 11) is 0. The van der Waals surface area contributed by atoms with E-state index in [2.05, 4.69) is 0 Å². The highest BCUT2D eigenvalue weighted by Crippen LogP contribution is 2.37. The van der Waals surface area contributed by atoms with Crippen molar-refractivity contribution in [2.75, 3.05) is 5.32 Å². The molecule has 0 spiro atoms. The van der Waals surface area contributed by atoms with Crippen LogP contribution >= 0.6 is 0 Å². The molecule has 0 aromatic heterocycles. The van der Waals surface area contributed by atoms with Crippen molar-refractivity contribution in [3.05, 3.63) is 46.0 Å². The highest BCUT2D eigenvalue weighted by Gasteiger charge is 2.36. The van der Waals surface area contributed by atoms with E-state index < -0.39 is 46.0 Å². The summed E-state index contributed by atoms with van der Waals surface area (Å²) < 4.78 is 44.3. The van der Waals surface area contributed by atoms with Crippen LogP contribution in [-0.4, -0.2) is 22.9 Å². The highest BCUT2D eigenvalue weighted by molar-refractivity contribution is 5.96. The van der Waals surface area contributed by atoms with Gasteiger partial charge in [-0.1, -0.05) is 12.2 Å². The molecule has 7 nitrogen and oxygen atoms in total. The molecule has 1 aliphatic carbocycles. The van der Waals surface area contributed by atoms with Gasteiger partial charge in [0.05, 0.1) is 22.6 Å². The largest absolute Gasteiger partial charge is 0.453 e. The zero-order chi connectivity index (χ0) is 20.2. The lowest BCUT2D eigenvalue weighted by molar-refractivity contribution is -0.385. The molecule has 10 heteroatoms. The number of rotatable bonds is 6. The van der Waals surface area contributed by atoms with Gasteiger partial charge in [-0.25, -0.2) is 0 Å². The topological polar surface area (TPSA) is 98.5 Å². The number of halogens is 3. The minimum absolute atomic E-state index is 0.0271. The van der Waals surface area contributed by atoms with Crippen LogP contribution in [0.1, 0.15) is 31.7 Å². The number of nitro groups is 1. The molecule has 2 rings (SSSR count). The van der Waals surface area contributed by atoms with Gasteiger partial charge in [0.2, 0.25) is 0 Å². The van der Waals surface area contributed by atoms with Crippen molar-refractivity contribution < 1.29 is 32.4 Å². The van der Waals surface area contributed by atoms with Crippen LogP contribution in [0.25, 0.3) is 0 Å². The van der Waals surface area contributed by atoms with E-state index in [9.17, 15) is 32.9 Å². The van der Waals surface area contributed by atoms with Crippen molar-refractivity contribution in [2.24, 2.45) is 5.92 Å². The molecule has 0 saturated heterocycles. The molecule has 0 saturated carbocycles. The van der Waals surface area contributed by atoms with Crippen molar-refractivity contribution in [1.82, 2.24) is 0 Å². The molecule has 1 N–H and O–H groups in total. The fraction of sp³-hybridized carbons (Fsp3) is 0.412. The van der Waals surface area contributed by atoms with Crippen LogP contribution in [0.3, 0.4) is 0 Å². The van der Waals surface area contributed by atoms with Gasteiger partial charge in [-0.3, -0.25) is 19.7 Å². The maximum atomic E-state index is 13.1. The highest BCUT2D eigenvalue weighted by atomic mass is 19.4. The first-order valence-electron chi connectivity index (χ1n) is 8.10. The van der Waals surface area contributed by atoms with Gasteiger partial charge in [0, 0.05) is 12.1 Å². The molecule has 1 aliphatic rings. The van der Waals surface area contributed by atoms with Crippen LogP contribution in [0, 0.1) is 16.0 Å². The van der Waals surface area contributed by atoms with E-state index in [0.717, 1.165) is 25.0 Å². The van der Waals surface area contributed by atoms with Crippen molar-refractivity contribution in [2.45, 2.75) is 38.5 Å². The summed E-state index contributed by atoms with van der Waals surface area (Å²) in [4.78, 5) is 33.6. The van der Waals surface area contributed by atoms with Gasteiger partial charge in [0.25, 0.3) is 11.6 Å². The van der Waals surface area contributed by atoms with E-state index in [-0.39, 0.29) is 12.3 Å². The second kappa shape index (κ2) is 8.19. The number of amides is 1. The Kier molecular flexibility index (Phi) is 6.19. The second-order valence-corrected chi connectivity index (χ2v) is 6.08. The number of hydrogen-bond acceptors (Lipinski definition) is 5. The van der Waals surface area contributed by atoms with Crippen molar-refractivity contribution in [3.63, 3.8) is 0 Å². The first-order chi connectivity index (χ1) is 12.6. The molecular formula is C17H17F3N2O5. The number of hydrogen-bond donors (Lipinski definition) is 1. The third-order valence-corrected chi connectivity index (χ3v) is 4.00. The Morgan fingerprint density at radius 1 is 1.41 bits per heavy atom. The molecule has 1 amide bonds. The van der Waals surface area contributed by atoms with Crippen LogP contribution in [0.4, 0.5) is 24.5 Å². The molecule has 0 heterocycles.